The molecule has 0 atom stereocenters. The fraction of sp³-hybridized carbons (Fsp3) is 0.182. The molecule has 82 valence electrons. The topological polar surface area (TPSA) is 67.2 Å². The predicted octanol–water partition coefficient (Wildman–Crippen LogP) is 1.69. The smallest absolute Gasteiger partial charge is 0.341 e. The van der Waals surface area contributed by atoms with Crippen molar-refractivity contribution in [2.45, 2.75) is 6.92 Å². The van der Waals surface area contributed by atoms with E-state index < -0.39 is 17.3 Å². The molecule has 0 radical (unpaired) electrons. The Morgan fingerprint density at radius 3 is 2.81 bits per heavy atom. The van der Waals surface area contributed by atoms with Gasteiger partial charge in [0.15, 0.2) is 6.29 Å². The van der Waals surface area contributed by atoms with Gasteiger partial charge in [0, 0.05) is 5.56 Å². The highest BCUT2D eigenvalue weighted by atomic mass is 19.1. The molecule has 0 aliphatic rings. The second-order valence-corrected chi connectivity index (χ2v) is 2.83. The summed E-state index contributed by atoms with van der Waals surface area (Å²) in [6.07, 6.45) is 0.272. The van der Waals surface area contributed by atoms with Crippen LogP contribution in [0.3, 0.4) is 0 Å². The lowest BCUT2D eigenvalue weighted by Gasteiger charge is -2.06. The van der Waals surface area contributed by atoms with Crippen LogP contribution in [0.25, 0.3) is 0 Å². The number of nitriles is 1. The lowest BCUT2D eigenvalue weighted by molar-refractivity contribution is 0.0518. The van der Waals surface area contributed by atoms with Gasteiger partial charge in [0.05, 0.1) is 18.2 Å². The fourth-order valence-corrected chi connectivity index (χ4v) is 1.22. The van der Waals surface area contributed by atoms with Crippen molar-refractivity contribution in [2.24, 2.45) is 0 Å². The molecule has 0 N–H and O–H groups in total. The van der Waals surface area contributed by atoms with Gasteiger partial charge in [-0.15, -0.1) is 0 Å². The summed E-state index contributed by atoms with van der Waals surface area (Å²) in [5.41, 5.74) is -0.823. The molecule has 0 aliphatic carbocycles. The van der Waals surface area contributed by atoms with E-state index in [9.17, 15) is 14.0 Å². The lowest BCUT2D eigenvalue weighted by atomic mass is 10.0. The summed E-state index contributed by atoms with van der Waals surface area (Å²) in [6.45, 7) is 1.62. The number of aldehydes is 1. The number of nitrogens with zero attached hydrogens (tertiary/aromatic N) is 1. The molecule has 16 heavy (non-hydrogen) atoms. The molecule has 5 heteroatoms. The molecule has 0 aliphatic heterocycles. The van der Waals surface area contributed by atoms with Crippen molar-refractivity contribution >= 4 is 12.3 Å². The molecule has 0 spiro atoms. The Morgan fingerprint density at radius 1 is 1.62 bits per heavy atom. The quantitative estimate of drug-likeness (QED) is 0.575. The number of carbonyl (C=O) groups is 2. The van der Waals surface area contributed by atoms with Crippen LogP contribution in [0.4, 0.5) is 4.39 Å². The number of esters is 1. The first kappa shape index (κ1) is 11.9. The third-order valence-corrected chi connectivity index (χ3v) is 1.91. The molecule has 0 aromatic heterocycles. The lowest BCUT2D eigenvalue weighted by Crippen LogP contribution is -2.12. The Morgan fingerprint density at radius 2 is 2.31 bits per heavy atom. The number of rotatable bonds is 3. The van der Waals surface area contributed by atoms with Crippen molar-refractivity contribution in [3.8, 4) is 6.07 Å². The molecule has 0 amide bonds. The number of hydrogen-bond acceptors (Lipinski definition) is 4. The number of benzene rings is 1. The molecular weight excluding hydrogens is 213 g/mol. The SMILES string of the molecule is CCOC(=O)c1c(F)ccc(C#N)c1C=O. The molecule has 4 nitrogen and oxygen atoms in total. The van der Waals surface area contributed by atoms with Crippen LogP contribution in [-0.4, -0.2) is 18.9 Å². The minimum absolute atomic E-state index is 0.0561. The van der Waals surface area contributed by atoms with Crippen molar-refractivity contribution in [1.29, 1.82) is 5.26 Å². The largest absolute Gasteiger partial charge is 0.462 e. The average Bonchev–Trinajstić information content (AvgIpc) is 2.28. The van der Waals surface area contributed by atoms with E-state index in [-0.39, 0.29) is 24.0 Å². The van der Waals surface area contributed by atoms with Crippen LogP contribution in [0.15, 0.2) is 12.1 Å². The molecule has 1 aromatic rings. The minimum atomic E-state index is -0.945. The van der Waals surface area contributed by atoms with Gasteiger partial charge >= 0.3 is 5.97 Å². The van der Waals surface area contributed by atoms with Crippen LogP contribution >= 0.6 is 0 Å². The van der Waals surface area contributed by atoms with Crippen molar-refractivity contribution in [3.63, 3.8) is 0 Å². The molecule has 0 unspecified atom stereocenters. The van der Waals surface area contributed by atoms with Gasteiger partial charge in [-0.1, -0.05) is 0 Å². The summed E-state index contributed by atoms with van der Waals surface area (Å²) in [4.78, 5) is 22.1. The summed E-state index contributed by atoms with van der Waals surface area (Å²) in [6, 6.07) is 3.80. The maximum absolute atomic E-state index is 13.4. The molecule has 1 aromatic carbocycles. The predicted molar refractivity (Wildman–Crippen MR) is 52.5 cm³/mol. The standard InChI is InChI=1S/C11H8FNO3/c1-2-16-11(15)10-8(6-14)7(5-13)3-4-9(10)12/h3-4,6H,2H2,1H3. The number of carbonyl (C=O) groups excluding carboxylic acids is 2. The van der Waals surface area contributed by atoms with Gasteiger partial charge in [-0.2, -0.15) is 5.26 Å². The normalized spacial score (nSPS) is 9.31. The van der Waals surface area contributed by atoms with Gasteiger partial charge in [0.25, 0.3) is 0 Å². The van der Waals surface area contributed by atoms with E-state index in [0.717, 1.165) is 12.1 Å². The van der Waals surface area contributed by atoms with Crippen LogP contribution in [0, 0.1) is 17.1 Å². The highest BCUT2D eigenvalue weighted by molar-refractivity contribution is 6.00. The van der Waals surface area contributed by atoms with Crippen molar-refractivity contribution in [2.75, 3.05) is 6.61 Å². The molecule has 1 rings (SSSR count). The Bertz CT molecular complexity index is 477. The fourth-order valence-electron chi connectivity index (χ4n) is 1.22. The molecule has 0 heterocycles. The highest BCUT2D eigenvalue weighted by Crippen LogP contribution is 2.17. The first-order chi connectivity index (χ1) is 7.65. The zero-order valence-electron chi connectivity index (χ0n) is 8.49. The molecule has 0 saturated carbocycles. The van der Waals surface area contributed by atoms with Crippen LogP contribution < -0.4 is 0 Å². The Balaban J connectivity index is 3.41. The molecule has 0 fully saturated rings. The van der Waals surface area contributed by atoms with E-state index in [4.69, 9.17) is 5.26 Å². The van der Waals surface area contributed by atoms with Crippen molar-refractivity contribution in [3.05, 3.63) is 34.6 Å². The summed E-state index contributed by atoms with van der Waals surface area (Å²) >= 11 is 0. The first-order valence-electron chi connectivity index (χ1n) is 4.50. The maximum Gasteiger partial charge on any atom is 0.341 e. The summed E-state index contributed by atoms with van der Waals surface area (Å²) in [7, 11) is 0. The van der Waals surface area contributed by atoms with Gasteiger partial charge in [0.1, 0.15) is 11.4 Å². The van der Waals surface area contributed by atoms with Crippen molar-refractivity contribution < 1.29 is 18.7 Å². The van der Waals surface area contributed by atoms with Gasteiger partial charge in [0.2, 0.25) is 0 Å². The second-order valence-electron chi connectivity index (χ2n) is 2.83. The first-order valence-corrected chi connectivity index (χ1v) is 4.50. The van der Waals surface area contributed by atoms with E-state index >= 15 is 0 Å². The van der Waals surface area contributed by atoms with Crippen LogP contribution in [0.5, 0.6) is 0 Å². The molecule has 0 saturated heterocycles. The monoisotopic (exact) mass is 221 g/mol. The summed E-state index contributed by atoms with van der Waals surface area (Å²) in [5.74, 6) is -1.82. The number of ether oxygens (including phenoxy) is 1. The van der Waals surface area contributed by atoms with Gasteiger partial charge in [-0.05, 0) is 19.1 Å². The van der Waals surface area contributed by atoms with Crippen LogP contribution in [0.2, 0.25) is 0 Å². The highest BCUT2D eigenvalue weighted by Gasteiger charge is 2.20. The number of halogens is 1. The van der Waals surface area contributed by atoms with Gasteiger partial charge < -0.3 is 4.74 Å². The third-order valence-electron chi connectivity index (χ3n) is 1.91. The van der Waals surface area contributed by atoms with E-state index in [1.54, 1.807) is 13.0 Å². The van der Waals surface area contributed by atoms with Crippen LogP contribution in [0.1, 0.15) is 33.2 Å². The Kier molecular flexibility index (Phi) is 3.72. The molecular formula is C11H8FNO3. The Labute approximate surface area is 91.3 Å². The average molecular weight is 221 g/mol. The summed E-state index contributed by atoms with van der Waals surface area (Å²) < 4.78 is 18.0. The van der Waals surface area contributed by atoms with Gasteiger partial charge in [-0.3, -0.25) is 4.79 Å². The Hall–Kier alpha value is -2.22. The maximum atomic E-state index is 13.4. The summed E-state index contributed by atoms with van der Waals surface area (Å²) in [5, 5.41) is 8.69. The van der Waals surface area contributed by atoms with Gasteiger partial charge in [-0.25, -0.2) is 9.18 Å². The van der Waals surface area contributed by atoms with Crippen LogP contribution in [-0.2, 0) is 4.74 Å². The minimum Gasteiger partial charge on any atom is -0.462 e. The van der Waals surface area contributed by atoms with E-state index in [2.05, 4.69) is 4.74 Å². The van der Waals surface area contributed by atoms with Crippen molar-refractivity contribution in [1.82, 2.24) is 0 Å². The second kappa shape index (κ2) is 5.03. The zero-order chi connectivity index (χ0) is 12.1. The number of hydrogen-bond donors (Lipinski definition) is 0. The zero-order valence-corrected chi connectivity index (χ0v) is 8.49. The van der Waals surface area contributed by atoms with E-state index in [0.29, 0.717) is 0 Å². The van der Waals surface area contributed by atoms with E-state index in [1.807, 2.05) is 0 Å². The van der Waals surface area contributed by atoms with E-state index in [1.165, 1.54) is 0 Å². The third kappa shape index (κ3) is 2.06. The molecule has 0 bridgehead atoms.